The number of hydrogen-bond donors (Lipinski definition) is 0. The molecule has 0 radical (unpaired) electrons. The molecule has 2 aromatic rings. The highest BCUT2D eigenvalue weighted by molar-refractivity contribution is 6.33. The molecule has 1 spiro atoms. The lowest BCUT2D eigenvalue weighted by molar-refractivity contribution is -0.0411. The van der Waals surface area contributed by atoms with Crippen molar-refractivity contribution in [1.29, 1.82) is 0 Å². The van der Waals surface area contributed by atoms with Gasteiger partial charge in [0.25, 0.3) is 5.91 Å². The van der Waals surface area contributed by atoms with Gasteiger partial charge < -0.3 is 14.3 Å². The number of carbonyl (C=O) groups excluding carboxylic acids is 1. The third-order valence-corrected chi connectivity index (χ3v) is 6.75. The highest BCUT2D eigenvalue weighted by Gasteiger charge is 2.48. The van der Waals surface area contributed by atoms with Crippen molar-refractivity contribution in [2.75, 3.05) is 32.7 Å². The number of nitrogens with zero attached hydrogens (tertiary/aromatic N) is 5. The normalized spacial score (nSPS) is 19.3. The highest BCUT2D eigenvalue weighted by Crippen LogP contribution is 2.41. The summed E-state index contributed by atoms with van der Waals surface area (Å²) in [7, 11) is 1.74. The smallest absolute Gasteiger partial charge is 0.259 e. The Morgan fingerprint density at radius 1 is 1.30 bits per heavy atom. The van der Waals surface area contributed by atoms with E-state index in [-0.39, 0.29) is 11.3 Å². The van der Waals surface area contributed by atoms with Crippen molar-refractivity contribution < 1.29 is 9.32 Å². The number of piperidine rings is 1. The van der Waals surface area contributed by atoms with Gasteiger partial charge in [-0.2, -0.15) is 5.10 Å². The molecule has 164 valence electrons. The van der Waals surface area contributed by atoms with Gasteiger partial charge in [0.05, 0.1) is 0 Å². The summed E-state index contributed by atoms with van der Waals surface area (Å²) < 4.78 is 6.71. The van der Waals surface area contributed by atoms with Crippen molar-refractivity contribution in [2.24, 2.45) is 17.9 Å². The topological polar surface area (TPSA) is 67.4 Å². The van der Waals surface area contributed by atoms with E-state index in [0.29, 0.717) is 33.3 Å². The zero-order valence-corrected chi connectivity index (χ0v) is 19.4. The number of aromatic nitrogens is 3. The summed E-state index contributed by atoms with van der Waals surface area (Å²) in [5.74, 6) is 0.604. The molecule has 2 aliphatic rings. The van der Waals surface area contributed by atoms with Gasteiger partial charge in [-0.3, -0.25) is 9.48 Å². The summed E-state index contributed by atoms with van der Waals surface area (Å²) in [4.78, 5) is 17.8. The van der Waals surface area contributed by atoms with E-state index in [4.69, 9.17) is 16.1 Å². The second-order valence-corrected chi connectivity index (χ2v) is 10.7. The maximum Gasteiger partial charge on any atom is 0.259 e. The average Bonchev–Trinajstić information content (AvgIpc) is 3.20. The van der Waals surface area contributed by atoms with Gasteiger partial charge in [0, 0.05) is 38.2 Å². The van der Waals surface area contributed by atoms with E-state index in [1.54, 1.807) is 13.1 Å². The van der Waals surface area contributed by atoms with Crippen LogP contribution in [0.4, 0.5) is 0 Å². The fourth-order valence-electron chi connectivity index (χ4n) is 4.67. The minimum atomic E-state index is -0.0683. The Labute approximate surface area is 183 Å². The molecule has 0 N–H and O–H groups in total. The monoisotopic (exact) mass is 433 g/mol. The molecular weight excluding hydrogens is 402 g/mol. The van der Waals surface area contributed by atoms with Crippen LogP contribution in [0.15, 0.2) is 10.6 Å². The Balaban J connectivity index is 1.46. The molecule has 0 saturated carbocycles. The van der Waals surface area contributed by atoms with Crippen LogP contribution >= 0.6 is 11.6 Å². The van der Waals surface area contributed by atoms with Gasteiger partial charge in [-0.1, -0.05) is 37.5 Å². The van der Waals surface area contributed by atoms with Crippen molar-refractivity contribution in [2.45, 2.75) is 47.0 Å². The predicted octanol–water partition coefficient (Wildman–Crippen LogP) is 4.01. The van der Waals surface area contributed by atoms with Crippen molar-refractivity contribution >= 4 is 17.5 Å². The molecule has 2 fully saturated rings. The number of carbonyl (C=O) groups is 1. The minimum Gasteiger partial charge on any atom is -0.361 e. The number of halogens is 1. The Hall–Kier alpha value is -1.86. The molecule has 1 amide bonds. The number of aryl methyl sites for hydroxylation is 2. The molecule has 2 aromatic heterocycles. The summed E-state index contributed by atoms with van der Waals surface area (Å²) in [6.45, 7) is 13.6. The molecule has 0 bridgehead atoms. The number of amides is 1. The van der Waals surface area contributed by atoms with Gasteiger partial charge in [0.1, 0.15) is 27.9 Å². The Kier molecular flexibility index (Phi) is 5.47. The van der Waals surface area contributed by atoms with Crippen LogP contribution < -0.4 is 0 Å². The molecule has 30 heavy (non-hydrogen) atoms. The maximum atomic E-state index is 13.3. The van der Waals surface area contributed by atoms with E-state index in [1.807, 2.05) is 11.8 Å². The minimum absolute atomic E-state index is 0.0683. The van der Waals surface area contributed by atoms with E-state index < -0.39 is 0 Å². The highest BCUT2D eigenvalue weighted by atomic mass is 35.5. The molecule has 0 aliphatic carbocycles. The Morgan fingerprint density at radius 2 is 2.03 bits per heavy atom. The third kappa shape index (κ3) is 4.14. The average molecular weight is 434 g/mol. The molecule has 0 unspecified atom stereocenters. The lowest BCUT2D eigenvalue weighted by Crippen LogP contribution is -2.64. The second-order valence-electron chi connectivity index (χ2n) is 10.3. The van der Waals surface area contributed by atoms with Gasteiger partial charge in [-0.05, 0) is 44.7 Å². The van der Waals surface area contributed by atoms with E-state index >= 15 is 0 Å². The summed E-state index contributed by atoms with van der Waals surface area (Å²) in [6.07, 6.45) is 3.57. The van der Waals surface area contributed by atoms with Crippen molar-refractivity contribution in [3.05, 3.63) is 22.5 Å². The number of hydrogen-bond acceptors (Lipinski definition) is 5. The van der Waals surface area contributed by atoms with Gasteiger partial charge in [0.15, 0.2) is 0 Å². The fourth-order valence-corrected chi connectivity index (χ4v) is 4.88. The summed E-state index contributed by atoms with van der Waals surface area (Å²) in [6, 6.07) is 1.78. The quantitative estimate of drug-likeness (QED) is 0.728. The van der Waals surface area contributed by atoms with Gasteiger partial charge >= 0.3 is 0 Å². The number of likely N-dealkylation sites (tertiary alicyclic amines) is 2. The SMILES string of the molecule is Cc1cc(-c2nn(C)c(Cl)c2C(=O)N2CC3(CCCN(CCC(C)(C)C)C3)C2)no1. The van der Waals surface area contributed by atoms with E-state index in [0.717, 1.165) is 32.7 Å². The predicted molar refractivity (Wildman–Crippen MR) is 117 cm³/mol. The first kappa shape index (κ1) is 21.4. The molecular formula is C22H32ClN5O2. The molecule has 0 aromatic carbocycles. The van der Waals surface area contributed by atoms with Crippen LogP contribution in [0.5, 0.6) is 0 Å². The van der Waals surface area contributed by atoms with E-state index in [9.17, 15) is 4.79 Å². The molecule has 7 nitrogen and oxygen atoms in total. The lowest BCUT2D eigenvalue weighted by atomic mass is 9.73. The largest absolute Gasteiger partial charge is 0.361 e. The third-order valence-electron chi connectivity index (χ3n) is 6.32. The van der Waals surface area contributed by atoms with Crippen LogP contribution in [0.2, 0.25) is 5.15 Å². The van der Waals surface area contributed by atoms with Crippen LogP contribution in [0.25, 0.3) is 11.4 Å². The van der Waals surface area contributed by atoms with Crippen LogP contribution in [0.1, 0.15) is 56.2 Å². The zero-order valence-electron chi connectivity index (χ0n) is 18.7. The van der Waals surface area contributed by atoms with Gasteiger partial charge in [-0.15, -0.1) is 0 Å². The van der Waals surface area contributed by atoms with E-state index in [2.05, 4.69) is 35.9 Å². The molecule has 2 saturated heterocycles. The molecule has 4 heterocycles. The van der Waals surface area contributed by atoms with Crippen LogP contribution in [-0.4, -0.2) is 63.4 Å². The zero-order chi connectivity index (χ0) is 21.7. The van der Waals surface area contributed by atoms with Gasteiger partial charge in [0.2, 0.25) is 0 Å². The first-order chi connectivity index (χ1) is 14.1. The van der Waals surface area contributed by atoms with E-state index in [1.165, 1.54) is 23.9 Å². The van der Waals surface area contributed by atoms with Gasteiger partial charge in [-0.25, -0.2) is 0 Å². The molecule has 8 heteroatoms. The summed E-state index contributed by atoms with van der Waals surface area (Å²) in [5, 5.41) is 8.80. The summed E-state index contributed by atoms with van der Waals surface area (Å²) >= 11 is 6.46. The van der Waals surface area contributed by atoms with Crippen LogP contribution in [-0.2, 0) is 7.05 Å². The number of rotatable bonds is 4. The maximum absolute atomic E-state index is 13.3. The van der Waals surface area contributed by atoms with Crippen molar-refractivity contribution in [3.63, 3.8) is 0 Å². The Morgan fingerprint density at radius 3 is 2.67 bits per heavy atom. The second kappa shape index (κ2) is 7.68. The lowest BCUT2D eigenvalue weighted by Gasteiger charge is -2.54. The molecule has 2 aliphatic heterocycles. The summed E-state index contributed by atoms with van der Waals surface area (Å²) in [5.41, 5.74) is 2.01. The first-order valence-electron chi connectivity index (χ1n) is 10.7. The molecule has 0 atom stereocenters. The molecule has 4 rings (SSSR count). The van der Waals surface area contributed by atoms with Crippen molar-refractivity contribution in [3.8, 4) is 11.4 Å². The fraction of sp³-hybridized carbons (Fsp3) is 0.682. The van der Waals surface area contributed by atoms with Crippen LogP contribution in [0.3, 0.4) is 0 Å². The van der Waals surface area contributed by atoms with Crippen molar-refractivity contribution in [1.82, 2.24) is 24.7 Å². The first-order valence-corrected chi connectivity index (χ1v) is 11.1. The van der Waals surface area contributed by atoms with Crippen LogP contribution in [0, 0.1) is 17.8 Å². The standard InChI is InChI=1S/C22H32ClN5O2/c1-15-11-16(25-30-15)18-17(19(23)26(5)24-18)20(29)28-13-22(14-28)7-6-9-27(12-22)10-8-21(2,3)4/h11H,6-10,12-14H2,1-5H3. The Bertz CT molecular complexity index is 936.